The lowest BCUT2D eigenvalue weighted by molar-refractivity contribution is 0.898. The van der Waals surface area contributed by atoms with E-state index in [0.717, 1.165) is 50.1 Å². The molecule has 0 radical (unpaired) electrons. The molecular formula is C22H20N6. The number of rotatable bonds is 4. The average molecular weight is 368 g/mol. The van der Waals surface area contributed by atoms with E-state index >= 15 is 0 Å². The molecule has 6 nitrogen and oxygen atoms in total. The maximum absolute atomic E-state index is 4.54. The van der Waals surface area contributed by atoms with Gasteiger partial charge in [-0.25, -0.2) is 0 Å². The Labute approximate surface area is 162 Å². The first kappa shape index (κ1) is 16.5. The SMILES string of the molecule is CC(C)Nc1cncc(-c2ccc3[nH]nc(-c4cc5ncccc5[nH]4)c3c2)c1. The van der Waals surface area contributed by atoms with E-state index in [-0.39, 0.29) is 0 Å². The molecule has 5 aromatic rings. The van der Waals surface area contributed by atoms with Gasteiger partial charge in [-0.3, -0.25) is 15.1 Å². The van der Waals surface area contributed by atoms with Gasteiger partial charge in [-0.1, -0.05) is 6.07 Å². The smallest absolute Gasteiger partial charge is 0.116 e. The molecule has 0 saturated carbocycles. The third-order valence-corrected chi connectivity index (χ3v) is 4.73. The predicted octanol–water partition coefficient (Wildman–Crippen LogP) is 4.99. The van der Waals surface area contributed by atoms with E-state index in [1.165, 1.54) is 0 Å². The minimum absolute atomic E-state index is 0.357. The van der Waals surface area contributed by atoms with Crippen molar-refractivity contribution < 1.29 is 0 Å². The van der Waals surface area contributed by atoms with Gasteiger partial charge < -0.3 is 10.3 Å². The number of nitrogens with zero attached hydrogens (tertiary/aromatic N) is 3. The molecule has 0 saturated heterocycles. The first-order valence-corrected chi connectivity index (χ1v) is 9.31. The standard InChI is InChI=1S/C22H20N6/c1-13(2)25-16-8-15(11-23-12-16)14-5-6-18-17(9-14)22(28-27-18)21-10-20-19(26-21)4-3-7-24-20/h3-13,25-26H,1-2H3,(H,27,28). The summed E-state index contributed by atoms with van der Waals surface area (Å²) in [5.41, 5.74) is 7.95. The summed E-state index contributed by atoms with van der Waals surface area (Å²) in [6.45, 7) is 4.23. The Morgan fingerprint density at radius 3 is 2.75 bits per heavy atom. The topological polar surface area (TPSA) is 82.3 Å². The molecule has 3 N–H and O–H groups in total. The number of aromatic nitrogens is 5. The molecule has 4 aromatic heterocycles. The van der Waals surface area contributed by atoms with Gasteiger partial charge >= 0.3 is 0 Å². The minimum atomic E-state index is 0.357. The molecule has 0 aliphatic rings. The number of hydrogen-bond acceptors (Lipinski definition) is 4. The average Bonchev–Trinajstić information content (AvgIpc) is 3.30. The number of benzene rings is 1. The van der Waals surface area contributed by atoms with Crippen molar-refractivity contribution in [2.75, 3.05) is 5.32 Å². The van der Waals surface area contributed by atoms with Gasteiger partial charge in [0.25, 0.3) is 0 Å². The van der Waals surface area contributed by atoms with Crippen LogP contribution in [-0.4, -0.2) is 31.2 Å². The van der Waals surface area contributed by atoms with Crippen LogP contribution in [0.3, 0.4) is 0 Å². The molecule has 4 heterocycles. The fraction of sp³-hybridized carbons (Fsp3) is 0.136. The Kier molecular flexibility index (Phi) is 3.83. The molecular weight excluding hydrogens is 348 g/mol. The summed E-state index contributed by atoms with van der Waals surface area (Å²) in [6.07, 6.45) is 5.54. The van der Waals surface area contributed by atoms with E-state index in [1.54, 1.807) is 6.20 Å². The molecule has 0 fully saturated rings. The fourth-order valence-electron chi connectivity index (χ4n) is 3.49. The first-order valence-electron chi connectivity index (χ1n) is 9.31. The van der Waals surface area contributed by atoms with Crippen LogP contribution in [0.15, 0.2) is 61.1 Å². The molecule has 5 rings (SSSR count). The zero-order valence-electron chi connectivity index (χ0n) is 15.7. The van der Waals surface area contributed by atoms with Gasteiger partial charge in [0.05, 0.1) is 27.9 Å². The van der Waals surface area contributed by atoms with Crippen LogP contribution in [0.4, 0.5) is 5.69 Å². The Morgan fingerprint density at radius 2 is 1.89 bits per heavy atom. The van der Waals surface area contributed by atoms with Crippen LogP contribution >= 0.6 is 0 Å². The largest absolute Gasteiger partial charge is 0.382 e. The Balaban J connectivity index is 1.60. The van der Waals surface area contributed by atoms with Crippen molar-refractivity contribution >= 4 is 27.6 Å². The summed E-state index contributed by atoms with van der Waals surface area (Å²) in [4.78, 5) is 12.2. The molecule has 0 aliphatic carbocycles. The number of pyridine rings is 2. The molecule has 6 heteroatoms. The van der Waals surface area contributed by atoms with Crippen molar-refractivity contribution in [2.45, 2.75) is 19.9 Å². The normalized spacial score (nSPS) is 11.5. The van der Waals surface area contributed by atoms with Crippen molar-refractivity contribution in [3.8, 4) is 22.5 Å². The first-order chi connectivity index (χ1) is 13.7. The number of nitrogens with one attached hydrogen (secondary N) is 3. The zero-order chi connectivity index (χ0) is 19.1. The second kappa shape index (κ2) is 6.49. The molecule has 0 amide bonds. The van der Waals surface area contributed by atoms with Gasteiger partial charge in [0.15, 0.2) is 0 Å². The number of fused-ring (bicyclic) bond motifs is 2. The van der Waals surface area contributed by atoms with Crippen LogP contribution in [0.2, 0.25) is 0 Å². The second-order valence-electron chi connectivity index (χ2n) is 7.21. The highest BCUT2D eigenvalue weighted by Gasteiger charge is 2.13. The van der Waals surface area contributed by atoms with Gasteiger partial charge in [0.1, 0.15) is 5.69 Å². The van der Waals surface area contributed by atoms with Crippen molar-refractivity contribution in [2.24, 2.45) is 0 Å². The molecule has 0 atom stereocenters. The summed E-state index contributed by atoms with van der Waals surface area (Å²) in [6, 6.07) is 14.8. The Morgan fingerprint density at radius 1 is 0.964 bits per heavy atom. The van der Waals surface area contributed by atoms with Crippen molar-refractivity contribution in [3.05, 3.63) is 61.1 Å². The Hall–Kier alpha value is -3.67. The van der Waals surface area contributed by atoms with E-state index in [1.807, 2.05) is 30.6 Å². The summed E-state index contributed by atoms with van der Waals surface area (Å²) >= 11 is 0. The summed E-state index contributed by atoms with van der Waals surface area (Å²) in [5.74, 6) is 0. The van der Waals surface area contributed by atoms with Crippen molar-refractivity contribution in [3.63, 3.8) is 0 Å². The van der Waals surface area contributed by atoms with Crippen LogP contribution in [0, 0.1) is 0 Å². The third-order valence-electron chi connectivity index (χ3n) is 4.73. The van der Waals surface area contributed by atoms with E-state index in [9.17, 15) is 0 Å². The van der Waals surface area contributed by atoms with E-state index in [4.69, 9.17) is 0 Å². The molecule has 0 unspecified atom stereocenters. The molecule has 0 bridgehead atoms. The van der Waals surface area contributed by atoms with E-state index in [0.29, 0.717) is 6.04 Å². The second-order valence-corrected chi connectivity index (χ2v) is 7.21. The third kappa shape index (κ3) is 2.89. The molecule has 28 heavy (non-hydrogen) atoms. The number of anilines is 1. The monoisotopic (exact) mass is 368 g/mol. The van der Waals surface area contributed by atoms with Crippen molar-refractivity contribution in [1.82, 2.24) is 25.1 Å². The predicted molar refractivity (Wildman–Crippen MR) is 113 cm³/mol. The van der Waals surface area contributed by atoms with Gasteiger partial charge in [-0.15, -0.1) is 0 Å². The quantitative estimate of drug-likeness (QED) is 0.417. The highest BCUT2D eigenvalue weighted by molar-refractivity contribution is 5.97. The maximum Gasteiger partial charge on any atom is 0.116 e. The van der Waals surface area contributed by atoms with E-state index < -0.39 is 0 Å². The molecule has 138 valence electrons. The highest BCUT2D eigenvalue weighted by Crippen LogP contribution is 2.31. The van der Waals surface area contributed by atoms with E-state index in [2.05, 4.69) is 68.6 Å². The number of hydrogen-bond donors (Lipinski definition) is 3. The lowest BCUT2D eigenvalue weighted by Crippen LogP contribution is -2.09. The van der Waals surface area contributed by atoms with Crippen molar-refractivity contribution in [1.29, 1.82) is 0 Å². The van der Waals surface area contributed by atoms with Crippen LogP contribution in [0.1, 0.15) is 13.8 Å². The highest BCUT2D eigenvalue weighted by atomic mass is 15.1. The molecule has 0 aliphatic heterocycles. The van der Waals surface area contributed by atoms with Crippen LogP contribution in [-0.2, 0) is 0 Å². The lowest BCUT2D eigenvalue weighted by Gasteiger charge is -2.11. The molecule has 1 aromatic carbocycles. The van der Waals surface area contributed by atoms with Gasteiger partial charge in [-0.2, -0.15) is 5.10 Å². The maximum atomic E-state index is 4.54. The van der Waals surface area contributed by atoms with Crippen LogP contribution < -0.4 is 5.32 Å². The lowest BCUT2D eigenvalue weighted by atomic mass is 10.0. The Bertz CT molecular complexity index is 1250. The van der Waals surface area contributed by atoms with Gasteiger partial charge in [0.2, 0.25) is 0 Å². The summed E-state index contributed by atoms with van der Waals surface area (Å²) in [7, 11) is 0. The van der Waals surface area contributed by atoms with Crippen LogP contribution in [0.5, 0.6) is 0 Å². The summed E-state index contributed by atoms with van der Waals surface area (Å²) in [5, 5.41) is 12.1. The van der Waals surface area contributed by atoms with Gasteiger partial charge in [0, 0.05) is 35.6 Å². The minimum Gasteiger partial charge on any atom is -0.382 e. The zero-order valence-corrected chi connectivity index (χ0v) is 15.7. The van der Waals surface area contributed by atoms with Gasteiger partial charge in [-0.05, 0) is 55.8 Å². The fourth-order valence-corrected chi connectivity index (χ4v) is 3.49. The number of H-pyrrole nitrogens is 2. The van der Waals surface area contributed by atoms with Crippen LogP contribution in [0.25, 0.3) is 44.5 Å². The molecule has 0 spiro atoms. The summed E-state index contributed by atoms with van der Waals surface area (Å²) < 4.78 is 0. The number of aromatic amines is 2.